The first-order valence-electron chi connectivity index (χ1n) is 10.9. The van der Waals surface area contributed by atoms with E-state index in [2.05, 4.69) is 26.6 Å². The van der Waals surface area contributed by atoms with Gasteiger partial charge in [0.1, 0.15) is 6.61 Å². The number of hydrogen-bond acceptors (Lipinski definition) is 5. The van der Waals surface area contributed by atoms with Crippen molar-refractivity contribution < 1.29 is 29.3 Å². The van der Waals surface area contributed by atoms with Crippen LogP contribution < -0.4 is 10.6 Å². The zero-order valence-electron chi connectivity index (χ0n) is 18.7. The van der Waals surface area contributed by atoms with Gasteiger partial charge < -0.3 is 20.3 Å². The number of aliphatic hydroxyl groups is 1. The lowest BCUT2D eigenvalue weighted by atomic mass is 9.98. The van der Waals surface area contributed by atoms with E-state index in [-0.39, 0.29) is 23.8 Å². The minimum atomic E-state index is -1.47. The highest BCUT2D eigenvalue weighted by molar-refractivity contribution is 9.10. The minimum Gasteiger partial charge on any atom is -0.480 e. The second-order valence-corrected chi connectivity index (χ2v) is 9.03. The summed E-state index contributed by atoms with van der Waals surface area (Å²) in [5, 5.41) is 23.7. The Morgan fingerprint density at radius 1 is 1.00 bits per heavy atom. The van der Waals surface area contributed by atoms with Gasteiger partial charge >= 0.3 is 12.1 Å². The minimum absolute atomic E-state index is 0.0953. The van der Waals surface area contributed by atoms with Crippen LogP contribution in [0.5, 0.6) is 0 Å². The number of carboxylic acids is 1. The van der Waals surface area contributed by atoms with Crippen LogP contribution in [0.25, 0.3) is 11.1 Å². The molecule has 0 bridgehead atoms. The Morgan fingerprint density at radius 2 is 1.60 bits per heavy atom. The van der Waals surface area contributed by atoms with Crippen LogP contribution in [-0.2, 0) is 9.53 Å². The van der Waals surface area contributed by atoms with Gasteiger partial charge in [0, 0.05) is 16.0 Å². The Labute approximate surface area is 210 Å². The van der Waals surface area contributed by atoms with Crippen molar-refractivity contribution in [3.8, 4) is 11.1 Å². The summed E-state index contributed by atoms with van der Waals surface area (Å²) in [5.74, 6) is -2.16. The molecule has 4 N–H and O–H groups in total. The Kier molecular flexibility index (Phi) is 7.18. The maximum atomic E-state index is 12.6. The Hall–Kier alpha value is -3.69. The zero-order valence-corrected chi connectivity index (χ0v) is 20.3. The Morgan fingerprint density at radius 3 is 2.17 bits per heavy atom. The molecule has 9 heteroatoms. The number of halogens is 1. The SMILES string of the molecule is CC(O)C(NC(=O)c1ccc(Br)c(NC(=O)OCC2c3ccccc3-c3ccccc32)c1)C(=O)O. The molecule has 0 aliphatic heterocycles. The number of carbonyl (C=O) groups excluding carboxylic acids is 2. The third-order valence-corrected chi connectivity index (χ3v) is 6.54. The maximum absolute atomic E-state index is 12.6. The molecule has 1 aliphatic carbocycles. The normalized spacial score (nSPS) is 13.8. The third-order valence-electron chi connectivity index (χ3n) is 5.84. The van der Waals surface area contributed by atoms with E-state index in [0.717, 1.165) is 22.3 Å². The first-order valence-corrected chi connectivity index (χ1v) is 11.7. The highest BCUT2D eigenvalue weighted by Gasteiger charge is 2.29. The molecule has 0 spiro atoms. The number of anilines is 1. The predicted molar refractivity (Wildman–Crippen MR) is 133 cm³/mol. The van der Waals surface area contributed by atoms with Crippen molar-refractivity contribution in [3.05, 3.63) is 87.9 Å². The van der Waals surface area contributed by atoms with Crippen LogP contribution in [0.4, 0.5) is 10.5 Å². The van der Waals surface area contributed by atoms with Crippen molar-refractivity contribution in [1.29, 1.82) is 0 Å². The van der Waals surface area contributed by atoms with E-state index in [0.29, 0.717) is 4.47 Å². The molecule has 3 aromatic rings. The van der Waals surface area contributed by atoms with Gasteiger partial charge in [0.25, 0.3) is 5.91 Å². The largest absolute Gasteiger partial charge is 0.480 e. The summed E-state index contributed by atoms with van der Waals surface area (Å²) in [6.07, 6.45) is -1.98. The molecule has 0 saturated heterocycles. The number of hydrogen-bond donors (Lipinski definition) is 4. The molecule has 180 valence electrons. The number of carbonyl (C=O) groups is 3. The molecule has 4 rings (SSSR count). The summed E-state index contributed by atoms with van der Waals surface area (Å²) in [6, 6.07) is 19.0. The summed E-state index contributed by atoms with van der Waals surface area (Å²) in [6.45, 7) is 1.40. The molecule has 1 aliphatic rings. The first kappa shape index (κ1) is 24.4. The monoisotopic (exact) mass is 538 g/mol. The number of fused-ring (bicyclic) bond motifs is 3. The predicted octanol–water partition coefficient (Wildman–Crippen LogP) is 4.37. The number of benzene rings is 3. The van der Waals surface area contributed by atoms with E-state index in [1.807, 2.05) is 48.5 Å². The number of amides is 2. The van der Waals surface area contributed by atoms with Gasteiger partial charge in [-0.15, -0.1) is 0 Å². The Balaban J connectivity index is 1.45. The second kappa shape index (κ2) is 10.3. The van der Waals surface area contributed by atoms with Crippen molar-refractivity contribution in [1.82, 2.24) is 5.32 Å². The van der Waals surface area contributed by atoms with Crippen molar-refractivity contribution >= 4 is 39.6 Å². The molecule has 2 unspecified atom stereocenters. The molecular weight excluding hydrogens is 516 g/mol. The van der Waals surface area contributed by atoms with Crippen LogP contribution in [0, 0.1) is 0 Å². The van der Waals surface area contributed by atoms with E-state index in [9.17, 15) is 24.6 Å². The summed E-state index contributed by atoms with van der Waals surface area (Å²) in [4.78, 5) is 36.4. The molecular formula is C26H23BrN2O6. The van der Waals surface area contributed by atoms with E-state index in [4.69, 9.17) is 4.74 Å². The van der Waals surface area contributed by atoms with Crippen molar-refractivity contribution in [2.45, 2.75) is 25.0 Å². The van der Waals surface area contributed by atoms with Crippen LogP contribution >= 0.6 is 15.9 Å². The summed E-state index contributed by atoms with van der Waals surface area (Å²) in [5.41, 5.74) is 4.80. The molecule has 0 fully saturated rings. The smallest absolute Gasteiger partial charge is 0.411 e. The van der Waals surface area contributed by atoms with E-state index in [1.54, 1.807) is 6.07 Å². The maximum Gasteiger partial charge on any atom is 0.411 e. The molecule has 8 nitrogen and oxygen atoms in total. The summed E-state index contributed by atoms with van der Waals surface area (Å²) < 4.78 is 6.05. The molecule has 2 amide bonds. The lowest BCUT2D eigenvalue weighted by Gasteiger charge is -2.18. The molecule has 0 radical (unpaired) electrons. The molecule has 35 heavy (non-hydrogen) atoms. The second-order valence-electron chi connectivity index (χ2n) is 8.18. The summed E-state index contributed by atoms with van der Waals surface area (Å²) >= 11 is 3.33. The fraction of sp³-hybridized carbons (Fsp3) is 0.192. The third kappa shape index (κ3) is 5.21. The number of nitrogens with one attached hydrogen (secondary N) is 2. The highest BCUT2D eigenvalue weighted by atomic mass is 79.9. The fourth-order valence-corrected chi connectivity index (χ4v) is 4.47. The van der Waals surface area contributed by atoms with E-state index in [1.165, 1.54) is 19.1 Å². The van der Waals surface area contributed by atoms with Crippen molar-refractivity contribution in [3.63, 3.8) is 0 Å². The number of aliphatic hydroxyl groups excluding tert-OH is 1. The number of aliphatic carboxylic acids is 1. The van der Waals surface area contributed by atoms with Gasteiger partial charge in [0.15, 0.2) is 6.04 Å². The lowest BCUT2D eigenvalue weighted by Crippen LogP contribution is -2.47. The van der Waals surface area contributed by atoms with Crippen LogP contribution in [0.15, 0.2) is 71.2 Å². The fourth-order valence-electron chi connectivity index (χ4n) is 4.12. The average molecular weight is 539 g/mol. The Bertz CT molecular complexity index is 1250. The van der Waals surface area contributed by atoms with Gasteiger partial charge in [0.2, 0.25) is 0 Å². The number of rotatable bonds is 7. The van der Waals surface area contributed by atoms with Crippen molar-refractivity contribution in [2.75, 3.05) is 11.9 Å². The van der Waals surface area contributed by atoms with Crippen molar-refractivity contribution in [2.24, 2.45) is 0 Å². The van der Waals surface area contributed by atoms with Crippen LogP contribution in [0.1, 0.15) is 34.3 Å². The van der Waals surface area contributed by atoms with Gasteiger partial charge in [-0.1, -0.05) is 48.5 Å². The first-order chi connectivity index (χ1) is 16.8. The quantitative estimate of drug-likeness (QED) is 0.354. The zero-order chi connectivity index (χ0) is 25.1. The topological polar surface area (TPSA) is 125 Å². The standard InChI is InChI=1S/C26H23BrN2O6/c1-14(30)23(25(32)33)29-24(31)15-10-11-21(27)22(12-15)28-26(34)35-13-20-18-8-4-2-6-16(18)17-7-3-5-9-19(17)20/h2-12,14,20,23,30H,13H2,1H3,(H,28,34)(H,29,31)(H,32,33). The van der Waals surface area contributed by atoms with Crippen LogP contribution in [-0.4, -0.2) is 46.9 Å². The number of ether oxygens (including phenoxy) is 1. The number of carboxylic acid groups (broad SMARTS) is 1. The average Bonchev–Trinajstić information content (AvgIpc) is 3.15. The van der Waals surface area contributed by atoms with Gasteiger partial charge in [-0.05, 0) is 63.3 Å². The summed E-state index contributed by atoms with van der Waals surface area (Å²) in [7, 11) is 0. The van der Waals surface area contributed by atoms with Gasteiger partial charge in [-0.2, -0.15) is 0 Å². The molecule has 0 heterocycles. The lowest BCUT2D eigenvalue weighted by molar-refractivity contribution is -0.141. The van der Waals surface area contributed by atoms with Crippen LogP contribution in [0.2, 0.25) is 0 Å². The molecule has 2 atom stereocenters. The van der Waals surface area contributed by atoms with E-state index >= 15 is 0 Å². The van der Waals surface area contributed by atoms with Gasteiger partial charge in [0.05, 0.1) is 11.8 Å². The van der Waals surface area contributed by atoms with Gasteiger partial charge in [-0.3, -0.25) is 10.1 Å². The van der Waals surface area contributed by atoms with Gasteiger partial charge in [-0.25, -0.2) is 9.59 Å². The molecule has 3 aromatic carbocycles. The molecule has 0 aromatic heterocycles. The highest BCUT2D eigenvalue weighted by Crippen LogP contribution is 2.44. The van der Waals surface area contributed by atoms with Crippen LogP contribution in [0.3, 0.4) is 0 Å². The van der Waals surface area contributed by atoms with E-state index < -0.39 is 30.1 Å². The molecule has 0 saturated carbocycles.